The highest BCUT2D eigenvalue weighted by molar-refractivity contribution is 5.97. The third-order valence-corrected chi connectivity index (χ3v) is 6.33. The van der Waals surface area contributed by atoms with Crippen molar-refractivity contribution in [2.24, 2.45) is 11.8 Å². The molecule has 4 rings (SSSR count). The standard InChI is InChI=1S/C24H30N4O4/c1-15(2)22(23(30)25-18-6-4-7-19(11-18)32-3)26-24(31)27-12-16-10-17(14-27)20-8-5-9-21(29)28(20)13-16/h4-9,11,15-17,22H,10,12-14H2,1-3H3,(H,25,30)(H,26,31). The van der Waals surface area contributed by atoms with E-state index in [2.05, 4.69) is 10.6 Å². The van der Waals surface area contributed by atoms with Gasteiger partial charge >= 0.3 is 6.03 Å². The largest absolute Gasteiger partial charge is 0.497 e. The topological polar surface area (TPSA) is 92.7 Å². The molecule has 2 N–H and O–H groups in total. The second-order valence-corrected chi connectivity index (χ2v) is 9.00. The van der Waals surface area contributed by atoms with Gasteiger partial charge in [-0.3, -0.25) is 9.59 Å². The van der Waals surface area contributed by atoms with E-state index in [0.717, 1.165) is 12.1 Å². The van der Waals surface area contributed by atoms with Crippen LogP contribution in [0.5, 0.6) is 5.75 Å². The first-order valence-electron chi connectivity index (χ1n) is 11.1. The molecule has 170 valence electrons. The van der Waals surface area contributed by atoms with Crippen molar-refractivity contribution in [2.75, 3.05) is 25.5 Å². The highest BCUT2D eigenvalue weighted by Gasteiger charge is 2.37. The SMILES string of the molecule is COc1cccc(NC(=O)C(NC(=O)N2CC3CC(C2)c2cccc(=O)n2C3)C(C)C)c1. The summed E-state index contributed by atoms with van der Waals surface area (Å²) in [6.45, 7) is 5.55. The molecule has 3 unspecified atom stereocenters. The fourth-order valence-electron chi connectivity index (χ4n) is 4.74. The Kier molecular flexibility index (Phi) is 6.21. The number of aromatic nitrogens is 1. The number of piperidine rings is 1. The maximum Gasteiger partial charge on any atom is 0.318 e. The number of likely N-dealkylation sites (tertiary alicyclic amines) is 1. The molecular weight excluding hydrogens is 408 g/mol. The number of ether oxygens (including phenoxy) is 1. The van der Waals surface area contributed by atoms with E-state index >= 15 is 0 Å². The average Bonchev–Trinajstić information content (AvgIpc) is 2.77. The van der Waals surface area contributed by atoms with Gasteiger partial charge in [-0.1, -0.05) is 26.0 Å². The number of benzene rings is 1. The van der Waals surface area contributed by atoms with Crippen LogP contribution in [0.4, 0.5) is 10.5 Å². The van der Waals surface area contributed by atoms with Gasteiger partial charge in [-0.25, -0.2) is 4.79 Å². The molecule has 0 radical (unpaired) electrons. The lowest BCUT2D eigenvalue weighted by Gasteiger charge is -2.43. The lowest BCUT2D eigenvalue weighted by atomic mass is 9.83. The summed E-state index contributed by atoms with van der Waals surface area (Å²) in [5.74, 6) is 0.650. The van der Waals surface area contributed by atoms with Gasteiger partial charge < -0.3 is 24.8 Å². The van der Waals surface area contributed by atoms with Gasteiger partial charge in [0.1, 0.15) is 11.8 Å². The maximum atomic E-state index is 13.1. The van der Waals surface area contributed by atoms with Crippen LogP contribution in [0.3, 0.4) is 0 Å². The predicted octanol–water partition coefficient (Wildman–Crippen LogP) is 2.65. The van der Waals surface area contributed by atoms with E-state index in [0.29, 0.717) is 31.1 Å². The number of fused-ring (bicyclic) bond motifs is 4. The van der Waals surface area contributed by atoms with Crippen LogP contribution in [0.15, 0.2) is 47.3 Å². The Labute approximate surface area is 187 Å². The monoisotopic (exact) mass is 438 g/mol. The molecule has 1 aromatic heterocycles. The minimum atomic E-state index is -0.676. The molecule has 1 saturated heterocycles. The fourth-order valence-corrected chi connectivity index (χ4v) is 4.74. The number of hydrogen-bond donors (Lipinski definition) is 2. The number of nitrogens with one attached hydrogen (secondary N) is 2. The minimum absolute atomic E-state index is 0.0178. The summed E-state index contributed by atoms with van der Waals surface area (Å²) in [5.41, 5.74) is 1.62. The van der Waals surface area contributed by atoms with Gasteiger partial charge in [-0.2, -0.15) is 0 Å². The second kappa shape index (κ2) is 9.06. The smallest absolute Gasteiger partial charge is 0.318 e. The third kappa shape index (κ3) is 4.49. The number of urea groups is 1. The second-order valence-electron chi connectivity index (χ2n) is 9.00. The van der Waals surface area contributed by atoms with Crippen molar-refractivity contribution in [1.82, 2.24) is 14.8 Å². The summed E-state index contributed by atoms with van der Waals surface area (Å²) in [6.07, 6.45) is 0.969. The number of amides is 3. The van der Waals surface area contributed by atoms with Crippen LogP contribution in [0.25, 0.3) is 0 Å². The Morgan fingerprint density at radius 1 is 1.09 bits per heavy atom. The van der Waals surface area contributed by atoms with Gasteiger partial charge in [0.15, 0.2) is 0 Å². The molecule has 1 aromatic carbocycles. The van der Waals surface area contributed by atoms with E-state index in [4.69, 9.17) is 4.74 Å². The zero-order valence-corrected chi connectivity index (χ0v) is 18.7. The zero-order chi connectivity index (χ0) is 22.8. The van der Waals surface area contributed by atoms with Gasteiger partial charge in [0.25, 0.3) is 5.56 Å². The Bertz CT molecular complexity index is 1060. The van der Waals surface area contributed by atoms with Gasteiger partial charge in [-0.05, 0) is 36.5 Å². The molecule has 3 amide bonds. The molecule has 32 heavy (non-hydrogen) atoms. The zero-order valence-electron chi connectivity index (χ0n) is 18.7. The molecule has 1 fully saturated rings. The van der Waals surface area contributed by atoms with Gasteiger partial charge in [0.05, 0.1) is 7.11 Å². The number of carbonyl (C=O) groups is 2. The lowest BCUT2D eigenvalue weighted by Crippen LogP contribution is -2.56. The minimum Gasteiger partial charge on any atom is -0.497 e. The normalized spacial score (nSPS) is 20.3. The highest BCUT2D eigenvalue weighted by atomic mass is 16.5. The Morgan fingerprint density at radius 2 is 1.88 bits per heavy atom. The summed E-state index contributed by atoms with van der Waals surface area (Å²) in [4.78, 5) is 40.1. The van der Waals surface area contributed by atoms with Crippen molar-refractivity contribution in [3.63, 3.8) is 0 Å². The van der Waals surface area contributed by atoms with E-state index in [1.807, 2.05) is 24.5 Å². The molecule has 2 aromatic rings. The summed E-state index contributed by atoms with van der Waals surface area (Å²) in [5, 5.41) is 5.81. The number of nitrogens with zero attached hydrogens (tertiary/aromatic N) is 2. The fraction of sp³-hybridized carbons (Fsp3) is 0.458. The molecule has 2 bridgehead atoms. The molecule has 8 nitrogen and oxygen atoms in total. The highest BCUT2D eigenvalue weighted by Crippen LogP contribution is 2.35. The van der Waals surface area contributed by atoms with E-state index in [1.54, 1.807) is 48.4 Å². The predicted molar refractivity (Wildman–Crippen MR) is 122 cm³/mol. The van der Waals surface area contributed by atoms with E-state index in [9.17, 15) is 14.4 Å². The third-order valence-electron chi connectivity index (χ3n) is 6.33. The number of pyridine rings is 1. The van der Waals surface area contributed by atoms with E-state index < -0.39 is 6.04 Å². The number of rotatable bonds is 5. The van der Waals surface area contributed by atoms with Gasteiger partial charge in [-0.15, -0.1) is 0 Å². The van der Waals surface area contributed by atoms with Crippen LogP contribution in [0, 0.1) is 11.8 Å². The summed E-state index contributed by atoms with van der Waals surface area (Å²) < 4.78 is 7.05. The molecule has 0 saturated carbocycles. The lowest BCUT2D eigenvalue weighted by molar-refractivity contribution is -0.118. The molecule has 0 spiro atoms. The van der Waals surface area contributed by atoms with Crippen molar-refractivity contribution < 1.29 is 14.3 Å². The number of methoxy groups -OCH3 is 1. The number of carbonyl (C=O) groups excluding carboxylic acids is 2. The maximum absolute atomic E-state index is 13.1. The van der Waals surface area contributed by atoms with Crippen LogP contribution >= 0.6 is 0 Å². The summed E-state index contributed by atoms with van der Waals surface area (Å²) in [7, 11) is 1.57. The number of anilines is 1. The van der Waals surface area contributed by atoms with Gasteiger partial charge in [0.2, 0.25) is 5.91 Å². The quantitative estimate of drug-likeness (QED) is 0.751. The molecular formula is C24H30N4O4. The summed E-state index contributed by atoms with van der Waals surface area (Å²) in [6, 6.07) is 11.5. The van der Waals surface area contributed by atoms with Crippen molar-refractivity contribution >= 4 is 17.6 Å². The van der Waals surface area contributed by atoms with Crippen molar-refractivity contribution in [1.29, 1.82) is 0 Å². The van der Waals surface area contributed by atoms with Crippen molar-refractivity contribution in [3.05, 3.63) is 58.5 Å². The molecule has 0 aliphatic carbocycles. The first kappa shape index (κ1) is 21.9. The van der Waals surface area contributed by atoms with Crippen LogP contribution < -0.4 is 20.9 Å². The van der Waals surface area contributed by atoms with Crippen LogP contribution in [-0.4, -0.2) is 47.6 Å². The first-order chi connectivity index (χ1) is 15.4. The van der Waals surface area contributed by atoms with Crippen molar-refractivity contribution in [2.45, 2.75) is 38.8 Å². The molecule has 8 heteroatoms. The molecule has 2 aliphatic rings. The first-order valence-corrected chi connectivity index (χ1v) is 11.1. The number of hydrogen-bond acceptors (Lipinski definition) is 4. The Hall–Kier alpha value is -3.29. The van der Waals surface area contributed by atoms with Gasteiger partial charge in [0, 0.05) is 49.1 Å². The Morgan fingerprint density at radius 3 is 2.62 bits per heavy atom. The van der Waals surface area contributed by atoms with Crippen LogP contribution in [-0.2, 0) is 11.3 Å². The van der Waals surface area contributed by atoms with Crippen molar-refractivity contribution in [3.8, 4) is 5.75 Å². The Balaban J connectivity index is 1.44. The van der Waals surface area contributed by atoms with Crippen LogP contribution in [0.1, 0.15) is 31.9 Å². The van der Waals surface area contributed by atoms with E-state index in [1.165, 1.54) is 0 Å². The summed E-state index contributed by atoms with van der Waals surface area (Å²) >= 11 is 0. The van der Waals surface area contributed by atoms with Crippen LogP contribution in [0.2, 0.25) is 0 Å². The molecule has 2 aliphatic heterocycles. The van der Waals surface area contributed by atoms with E-state index in [-0.39, 0.29) is 35.3 Å². The molecule has 3 atom stereocenters. The average molecular weight is 439 g/mol. The molecule has 3 heterocycles.